The number of anilines is 1. The number of rotatable bonds is 10. The van der Waals surface area contributed by atoms with Crippen molar-refractivity contribution >= 4 is 56.0 Å². The Balaban J connectivity index is 1.25. The van der Waals surface area contributed by atoms with E-state index >= 15 is 0 Å². The van der Waals surface area contributed by atoms with Gasteiger partial charge in [-0.1, -0.05) is 22.9 Å². The fourth-order valence-electron chi connectivity index (χ4n) is 3.65. The van der Waals surface area contributed by atoms with Gasteiger partial charge in [0.1, 0.15) is 40.4 Å². The molecular weight excluding hydrogens is 579 g/mol. The first-order valence-corrected chi connectivity index (χ1v) is 13.3. The van der Waals surface area contributed by atoms with E-state index in [0.29, 0.717) is 37.2 Å². The van der Waals surface area contributed by atoms with Crippen molar-refractivity contribution < 1.29 is 33.2 Å². The topological polar surface area (TPSA) is 151 Å². The third-order valence-electron chi connectivity index (χ3n) is 5.45. The van der Waals surface area contributed by atoms with Gasteiger partial charge in [-0.3, -0.25) is 10.3 Å². The van der Waals surface area contributed by atoms with Crippen LogP contribution in [0.25, 0.3) is 31.8 Å². The van der Waals surface area contributed by atoms with E-state index in [1.54, 1.807) is 32.4 Å². The van der Waals surface area contributed by atoms with Gasteiger partial charge < -0.3 is 24.1 Å². The highest BCUT2D eigenvalue weighted by atomic mass is 35.5. The molecule has 0 fully saturated rings. The molecule has 212 valence electrons. The van der Waals surface area contributed by atoms with Crippen molar-refractivity contribution in [3.05, 3.63) is 53.7 Å². The molecule has 0 aliphatic rings. The zero-order chi connectivity index (χ0) is 28.9. The lowest BCUT2D eigenvalue weighted by atomic mass is 10.1. The summed E-state index contributed by atoms with van der Waals surface area (Å²) >= 11 is 7.58. The average molecular weight is 601 g/mol. The summed E-state index contributed by atoms with van der Waals surface area (Å²) in [7, 11) is 1.55. The number of amides is 1. The van der Waals surface area contributed by atoms with Gasteiger partial charge in [-0.2, -0.15) is 4.98 Å². The second-order valence-electron chi connectivity index (χ2n) is 8.50. The molecule has 15 heteroatoms. The maximum absolute atomic E-state index is 14.9. The second kappa shape index (κ2) is 12.4. The summed E-state index contributed by atoms with van der Waals surface area (Å²) in [6.45, 7) is 1.28. The molecule has 41 heavy (non-hydrogen) atoms. The van der Waals surface area contributed by atoms with Crippen LogP contribution >= 0.6 is 22.9 Å². The van der Waals surface area contributed by atoms with Crippen molar-refractivity contribution in [3.63, 3.8) is 0 Å². The van der Waals surface area contributed by atoms with E-state index in [9.17, 15) is 9.18 Å². The van der Waals surface area contributed by atoms with Gasteiger partial charge in [0.25, 0.3) is 5.88 Å². The predicted octanol–water partition coefficient (Wildman–Crippen LogP) is 4.88. The quantitative estimate of drug-likeness (QED) is 0.225. The summed E-state index contributed by atoms with van der Waals surface area (Å²) in [6.07, 6.45) is 2.72. The van der Waals surface area contributed by atoms with E-state index in [0.717, 1.165) is 5.39 Å². The van der Waals surface area contributed by atoms with E-state index in [1.165, 1.54) is 29.8 Å². The van der Waals surface area contributed by atoms with E-state index in [-0.39, 0.29) is 37.4 Å². The molecule has 0 aliphatic carbocycles. The zero-order valence-corrected chi connectivity index (χ0v) is 23.2. The van der Waals surface area contributed by atoms with Gasteiger partial charge >= 0.3 is 12.1 Å². The van der Waals surface area contributed by atoms with Gasteiger partial charge in [0.2, 0.25) is 0 Å². The number of carbonyl (C=O) groups excluding carboxylic acids is 1. The Hall–Kier alpha value is -4.40. The number of fused-ring (bicyclic) bond motifs is 2. The number of thiazole rings is 1. The molecule has 1 atom stereocenters. The Morgan fingerprint density at radius 1 is 1.15 bits per heavy atom. The molecule has 0 aliphatic heterocycles. The fourth-order valence-corrected chi connectivity index (χ4v) is 4.81. The summed E-state index contributed by atoms with van der Waals surface area (Å²) in [5.41, 5.74) is 1.94. The molecular formula is C26H22ClFN6O6S. The molecule has 1 aromatic carbocycles. The summed E-state index contributed by atoms with van der Waals surface area (Å²) < 4.78 is 35.9. The lowest BCUT2D eigenvalue weighted by Crippen LogP contribution is -2.25. The number of hydrogen-bond acceptors (Lipinski definition) is 12. The predicted molar refractivity (Wildman–Crippen MR) is 149 cm³/mol. The maximum Gasteiger partial charge on any atom is 0.411 e. The molecule has 1 unspecified atom stereocenters. The number of aliphatic hydroxyl groups excluding tert-OH is 1. The third-order valence-corrected chi connectivity index (χ3v) is 6.67. The molecule has 0 spiro atoms. The number of aliphatic hydroxyl groups is 1. The summed E-state index contributed by atoms with van der Waals surface area (Å²) in [4.78, 5) is 33.7. The molecule has 0 bridgehead atoms. The molecule has 1 amide bonds. The smallest absolute Gasteiger partial charge is 0.411 e. The number of pyridine rings is 2. The van der Waals surface area contributed by atoms with Gasteiger partial charge in [0.15, 0.2) is 5.82 Å². The monoisotopic (exact) mass is 600 g/mol. The van der Waals surface area contributed by atoms with Crippen LogP contribution in [-0.2, 0) is 4.74 Å². The van der Waals surface area contributed by atoms with Gasteiger partial charge in [-0.05, 0) is 25.1 Å². The van der Waals surface area contributed by atoms with Crippen molar-refractivity contribution in [1.82, 2.24) is 24.9 Å². The van der Waals surface area contributed by atoms with Crippen molar-refractivity contribution in [1.29, 1.82) is 0 Å². The van der Waals surface area contributed by atoms with Crippen LogP contribution in [0, 0.1) is 5.82 Å². The largest absolute Gasteiger partial charge is 0.495 e. The molecule has 0 radical (unpaired) electrons. The number of hydrogen-bond donors (Lipinski definition) is 2. The molecule has 5 rings (SSSR count). The van der Waals surface area contributed by atoms with E-state index in [1.807, 2.05) is 6.07 Å². The zero-order valence-electron chi connectivity index (χ0n) is 21.6. The maximum atomic E-state index is 14.9. The average Bonchev–Trinajstić information content (AvgIpc) is 3.37. The molecule has 4 aromatic heterocycles. The molecule has 12 nitrogen and oxygen atoms in total. The van der Waals surface area contributed by atoms with Crippen LogP contribution in [0.4, 0.5) is 14.9 Å². The Morgan fingerprint density at radius 2 is 1.95 bits per heavy atom. The first kappa shape index (κ1) is 28.1. The fraction of sp³-hybridized carbons (Fsp3) is 0.231. The molecule has 0 saturated carbocycles. The summed E-state index contributed by atoms with van der Waals surface area (Å²) in [6, 6.07) is 6.62. The highest BCUT2D eigenvalue weighted by molar-refractivity contribution is 7.21. The number of aromatic nitrogens is 5. The van der Waals surface area contributed by atoms with Crippen molar-refractivity contribution in [2.45, 2.75) is 13.0 Å². The number of carbonyl (C=O) groups is 1. The first-order chi connectivity index (χ1) is 19.8. The third kappa shape index (κ3) is 6.67. The molecule has 5 aromatic rings. The van der Waals surface area contributed by atoms with Crippen LogP contribution in [0.1, 0.15) is 6.92 Å². The molecule has 0 saturated heterocycles. The van der Waals surface area contributed by atoms with Crippen LogP contribution in [0.5, 0.6) is 17.6 Å². The van der Waals surface area contributed by atoms with Crippen LogP contribution in [0.3, 0.4) is 0 Å². The molecule has 4 heterocycles. The van der Waals surface area contributed by atoms with Crippen LogP contribution in [0.2, 0.25) is 5.02 Å². The highest BCUT2D eigenvalue weighted by Crippen LogP contribution is 2.37. The lowest BCUT2D eigenvalue weighted by Gasteiger charge is -2.14. The van der Waals surface area contributed by atoms with Crippen LogP contribution in [0.15, 0.2) is 42.9 Å². The SMILES string of the molecule is COc1cnc2c(-c3nc4cc(F)c(OC(C)COC(=O)Nc5cnc(OCCO)nc5)nc4s3)cc(Cl)cc2c1. The van der Waals surface area contributed by atoms with Crippen molar-refractivity contribution in [2.24, 2.45) is 0 Å². The highest BCUT2D eigenvalue weighted by Gasteiger charge is 2.19. The Morgan fingerprint density at radius 3 is 2.71 bits per heavy atom. The van der Waals surface area contributed by atoms with Gasteiger partial charge in [-0.15, -0.1) is 0 Å². The van der Waals surface area contributed by atoms with E-state index in [2.05, 4.69) is 30.2 Å². The first-order valence-electron chi connectivity index (χ1n) is 12.1. The summed E-state index contributed by atoms with van der Waals surface area (Å²) in [5, 5.41) is 13.0. The van der Waals surface area contributed by atoms with E-state index in [4.69, 9.17) is 35.7 Å². The Kier molecular flexibility index (Phi) is 8.52. The molecule has 2 N–H and O–H groups in total. The number of halogens is 2. The normalized spacial score (nSPS) is 11.8. The minimum atomic E-state index is -0.788. The Bertz CT molecular complexity index is 1710. The van der Waals surface area contributed by atoms with Crippen LogP contribution < -0.4 is 19.5 Å². The standard InChI is InChI=1S/C26H22ClFN6O6S/c1-13(12-39-26(36)32-16-9-30-25(31-10-16)38-4-3-35)40-22-19(28)8-20-24(34-22)41-23(33-20)18-7-15(27)5-14-6-17(37-2)11-29-21(14)18/h5-11,13,35H,3-4,12H2,1-2H3,(H,32,36). The number of nitrogens with one attached hydrogen (secondary N) is 1. The van der Waals surface area contributed by atoms with Gasteiger partial charge in [-0.25, -0.2) is 24.1 Å². The van der Waals surface area contributed by atoms with Crippen molar-refractivity contribution in [3.8, 4) is 28.2 Å². The van der Waals surface area contributed by atoms with Crippen LogP contribution in [-0.4, -0.2) is 69.2 Å². The van der Waals surface area contributed by atoms with E-state index < -0.39 is 18.0 Å². The van der Waals surface area contributed by atoms with Gasteiger partial charge in [0.05, 0.1) is 43.5 Å². The van der Waals surface area contributed by atoms with Gasteiger partial charge in [0, 0.05) is 22.0 Å². The number of ether oxygens (including phenoxy) is 4. The van der Waals surface area contributed by atoms with Crippen molar-refractivity contribution in [2.75, 3.05) is 32.2 Å². The second-order valence-corrected chi connectivity index (χ2v) is 9.91. The Labute approximate surface area is 241 Å². The minimum Gasteiger partial charge on any atom is -0.495 e. The number of nitrogens with zero attached hydrogens (tertiary/aromatic N) is 5. The minimum absolute atomic E-state index is 0.0474. The lowest BCUT2D eigenvalue weighted by molar-refractivity contribution is 0.0941. The number of benzene rings is 1. The summed E-state index contributed by atoms with van der Waals surface area (Å²) in [5.74, 6) is -0.385. The number of methoxy groups -OCH3 is 1.